The second-order valence-electron chi connectivity index (χ2n) is 5.05. The maximum Gasteiger partial charge on any atom is 0.242 e. The molecule has 2 rings (SSSR count). The first-order chi connectivity index (χ1) is 12.0. The Morgan fingerprint density at radius 1 is 1.15 bits per heavy atom. The highest BCUT2D eigenvalue weighted by Gasteiger charge is 2.14. The highest BCUT2D eigenvalue weighted by molar-refractivity contribution is 7.89. The Morgan fingerprint density at radius 2 is 1.85 bits per heavy atom. The number of halogens is 2. The van der Waals surface area contributed by atoms with Crippen LogP contribution in [-0.4, -0.2) is 39.0 Å². The molecule has 0 saturated heterocycles. The molecule has 8 nitrogen and oxygen atoms in total. The van der Waals surface area contributed by atoms with E-state index < -0.39 is 10.0 Å². The molecule has 27 heavy (non-hydrogen) atoms. The molecule has 2 aromatic rings. The molecule has 0 bridgehead atoms. The first-order valence-electron chi connectivity index (χ1n) is 7.64. The summed E-state index contributed by atoms with van der Waals surface area (Å²) >= 11 is 0. The topological polar surface area (TPSA) is 123 Å². The predicted molar refractivity (Wildman–Crippen MR) is 108 cm³/mol. The van der Waals surface area contributed by atoms with Crippen LogP contribution in [0.1, 0.15) is 6.42 Å². The number of nitrogens with two attached hydrogens (primary N) is 1. The van der Waals surface area contributed by atoms with Crippen LogP contribution in [0.5, 0.6) is 5.75 Å². The number of amides is 1. The number of carbonyl (C=O) groups is 1. The number of sulfonamides is 1. The SMILES string of the molecule is Cl.Cl.NCCOc1ccc(NC(=O)CCNS(=O)(=O)c2cccnc2)cc1. The Morgan fingerprint density at radius 3 is 2.44 bits per heavy atom. The van der Waals surface area contributed by atoms with E-state index in [4.69, 9.17) is 10.5 Å². The minimum Gasteiger partial charge on any atom is -0.492 e. The Kier molecular flexibility index (Phi) is 11.6. The number of aromatic nitrogens is 1. The third-order valence-electron chi connectivity index (χ3n) is 3.11. The van der Waals surface area contributed by atoms with Gasteiger partial charge in [-0.15, -0.1) is 24.8 Å². The van der Waals surface area contributed by atoms with Gasteiger partial charge in [0.05, 0.1) is 0 Å². The van der Waals surface area contributed by atoms with Crippen molar-refractivity contribution in [2.45, 2.75) is 11.3 Å². The molecule has 1 aromatic carbocycles. The van der Waals surface area contributed by atoms with Gasteiger partial charge in [0.15, 0.2) is 0 Å². The number of ether oxygens (including phenoxy) is 1. The molecule has 0 spiro atoms. The van der Waals surface area contributed by atoms with E-state index in [0.717, 1.165) is 0 Å². The molecule has 0 aliphatic carbocycles. The highest BCUT2D eigenvalue weighted by Crippen LogP contribution is 2.15. The lowest BCUT2D eigenvalue weighted by atomic mass is 10.3. The molecule has 0 fully saturated rings. The summed E-state index contributed by atoms with van der Waals surface area (Å²) in [5.74, 6) is 0.359. The molecule has 0 aliphatic heterocycles. The third kappa shape index (κ3) is 8.55. The third-order valence-corrected chi connectivity index (χ3v) is 4.56. The predicted octanol–water partition coefficient (Wildman–Crippen LogP) is 1.57. The fourth-order valence-electron chi connectivity index (χ4n) is 1.92. The van der Waals surface area contributed by atoms with Crippen LogP contribution < -0.4 is 20.5 Å². The monoisotopic (exact) mass is 436 g/mol. The van der Waals surface area contributed by atoms with E-state index in [1.807, 2.05) is 0 Å². The molecule has 0 atom stereocenters. The number of anilines is 1. The van der Waals surface area contributed by atoms with E-state index in [-0.39, 0.29) is 48.6 Å². The van der Waals surface area contributed by atoms with E-state index in [1.165, 1.54) is 24.5 Å². The molecule has 1 heterocycles. The number of rotatable bonds is 9. The van der Waals surface area contributed by atoms with E-state index in [1.54, 1.807) is 24.3 Å². The standard InChI is InChI=1S/C16H20N4O4S.2ClH/c17-8-11-24-14-5-3-13(4-6-14)20-16(21)7-10-19-25(22,23)15-2-1-9-18-12-15;;/h1-6,9,12,19H,7-8,10-11,17H2,(H,20,21);2*1H. The second kappa shape index (κ2) is 12.5. The Hall–Kier alpha value is -1.91. The maximum atomic E-state index is 12.0. The summed E-state index contributed by atoms with van der Waals surface area (Å²) in [5.41, 5.74) is 5.95. The lowest BCUT2D eigenvalue weighted by Crippen LogP contribution is -2.27. The summed E-state index contributed by atoms with van der Waals surface area (Å²) in [6.07, 6.45) is 2.74. The second-order valence-corrected chi connectivity index (χ2v) is 6.81. The number of carbonyl (C=O) groups excluding carboxylic acids is 1. The molecule has 0 radical (unpaired) electrons. The van der Waals surface area contributed by atoms with Crippen LogP contribution in [0.15, 0.2) is 53.7 Å². The number of hydrogen-bond acceptors (Lipinski definition) is 6. The van der Waals surface area contributed by atoms with Gasteiger partial charge in [-0.3, -0.25) is 9.78 Å². The van der Waals surface area contributed by atoms with E-state index in [2.05, 4.69) is 15.0 Å². The van der Waals surface area contributed by atoms with Gasteiger partial charge in [-0.1, -0.05) is 0 Å². The van der Waals surface area contributed by atoms with Crippen molar-refractivity contribution >= 4 is 46.4 Å². The number of hydrogen-bond donors (Lipinski definition) is 3. The normalized spacial score (nSPS) is 10.3. The molecule has 11 heteroatoms. The van der Waals surface area contributed by atoms with Crippen LogP contribution in [0.3, 0.4) is 0 Å². The minimum atomic E-state index is -3.66. The summed E-state index contributed by atoms with van der Waals surface area (Å²) in [4.78, 5) is 15.7. The molecule has 150 valence electrons. The van der Waals surface area contributed by atoms with Gasteiger partial charge in [-0.25, -0.2) is 13.1 Å². The van der Waals surface area contributed by atoms with Crippen molar-refractivity contribution < 1.29 is 17.9 Å². The molecule has 4 N–H and O–H groups in total. The van der Waals surface area contributed by atoms with Gasteiger partial charge in [0.25, 0.3) is 0 Å². The van der Waals surface area contributed by atoms with Crippen molar-refractivity contribution in [3.05, 3.63) is 48.8 Å². The minimum absolute atomic E-state index is 0. The average Bonchev–Trinajstić information content (AvgIpc) is 2.62. The Balaban J connectivity index is 0.00000338. The largest absolute Gasteiger partial charge is 0.492 e. The van der Waals surface area contributed by atoms with Gasteiger partial charge in [0.2, 0.25) is 15.9 Å². The molecule has 1 amide bonds. The van der Waals surface area contributed by atoms with Crippen molar-refractivity contribution in [3.63, 3.8) is 0 Å². The maximum absolute atomic E-state index is 12.0. The van der Waals surface area contributed by atoms with Gasteiger partial charge in [0.1, 0.15) is 17.3 Å². The summed E-state index contributed by atoms with van der Waals surface area (Å²) in [7, 11) is -3.66. The van der Waals surface area contributed by atoms with Crippen LogP contribution in [0.4, 0.5) is 5.69 Å². The van der Waals surface area contributed by atoms with Crippen molar-refractivity contribution in [2.75, 3.05) is 25.0 Å². The van der Waals surface area contributed by atoms with E-state index >= 15 is 0 Å². The summed E-state index contributed by atoms with van der Waals surface area (Å²) in [6, 6.07) is 9.80. The number of benzene rings is 1. The van der Waals surface area contributed by atoms with Gasteiger partial charge < -0.3 is 15.8 Å². The summed E-state index contributed by atoms with van der Waals surface area (Å²) < 4.78 is 31.7. The molecule has 0 saturated carbocycles. The van der Waals surface area contributed by atoms with Crippen molar-refractivity contribution in [1.29, 1.82) is 0 Å². The first-order valence-corrected chi connectivity index (χ1v) is 9.12. The van der Waals surface area contributed by atoms with E-state index in [0.29, 0.717) is 24.6 Å². The molecular weight excluding hydrogens is 415 g/mol. The van der Waals surface area contributed by atoms with Gasteiger partial charge in [-0.2, -0.15) is 0 Å². The lowest BCUT2D eigenvalue weighted by molar-refractivity contribution is -0.116. The zero-order valence-electron chi connectivity index (χ0n) is 14.3. The van der Waals surface area contributed by atoms with Crippen LogP contribution in [-0.2, 0) is 14.8 Å². The van der Waals surface area contributed by atoms with Crippen LogP contribution >= 0.6 is 24.8 Å². The average molecular weight is 437 g/mol. The summed E-state index contributed by atoms with van der Waals surface area (Å²) in [6.45, 7) is 0.830. The zero-order chi connectivity index (χ0) is 18.1. The Labute approximate surface area is 170 Å². The van der Waals surface area contributed by atoms with Crippen molar-refractivity contribution in [1.82, 2.24) is 9.71 Å². The van der Waals surface area contributed by atoms with Crippen LogP contribution in [0.2, 0.25) is 0 Å². The fraction of sp³-hybridized carbons (Fsp3) is 0.250. The Bertz CT molecular complexity index is 790. The highest BCUT2D eigenvalue weighted by atomic mass is 35.5. The molecule has 0 aliphatic rings. The van der Waals surface area contributed by atoms with Gasteiger partial charge in [0, 0.05) is 37.6 Å². The quantitative estimate of drug-likeness (QED) is 0.547. The van der Waals surface area contributed by atoms with Crippen LogP contribution in [0, 0.1) is 0 Å². The molecule has 1 aromatic heterocycles. The molecule has 0 unspecified atom stereocenters. The van der Waals surface area contributed by atoms with Gasteiger partial charge in [-0.05, 0) is 36.4 Å². The number of nitrogens with one attached hydrogen (secondary N) is 2. The first kappa shape index (κ1) is 25.1. The van der Waals surface area contributed by atoms with Gasteiger partial charge >= 0.3 is 0 Å². The smallest absolute Gasteiger partial charge is 0.242 e. The van der Waals surface area contributed by atoms with E-state index in [9.17, 15) is 13.2 Å². The zero-order valence-corrected chi connectivity index (χ0v) is 16.8. The van der Waals surface area contributed by atoms with Crippen molar-refractivity contribution in [3.8, 4) is 5.75 Å². The van der Waals surface area contributed by atoms with Crippen molar-refractivity contribution in [2.24, 2.45) is 5.73 Å². The van der Waals surface area contributed by atoms with Crippen LogP contribution in [0.25, 0.3) is 0 Å². The number of nitrogens with zero attached hydrogens (tertiary/aromatic N) is 1. The lowest BCUT2D eigenvalue weighted by Gasteiger charge is -2.08. The number of pyridine rings is 1. The molecular formula is C16H22Cl2N4O4S. The fourth-order valence-corrected chi connectivity index (χ4v) is 2.92. The summed E-state index contributed by atoms with van der Waals surface area (Å²) in [5, 5.41) is 2.68.